The maximum Gasteiger partial charge on any atom is 0.408 e. The molecule has 1 amide bonds. The standard InChI is InChI=1S/C9H15F2NO2/c1-9(2,3)14-8(13)12-6-7(11)4-5-10/h4H,5-6H2,1-3H3,(H,12,13). The van der Waals surface area contributed by atoms with E-state index in [0.717, 1.165) is 6.08 Å². The Bertz CT molecular complexity index is 221. The summed E-state index contributed by atoms with van der Waals surface area (Å²) in [7, 11) is 0. The molecule has 0 aromatic rings. The van der Waals surface area contributed by atoms with Crippen LogP contribution in [0.3, 0.4) is 0 Å². The minimum atomic E-state index is -0.887. The van der Waals surface area contributed by atoms with Crippen LogP contribution in [0.15, 0.2) is 11.9 Å². The van der Waals surface area contributed by atoms with Gasteiger partial charge in [0.1, 0.15) is 18.1 Å². The predicted octanol–water partition coefficient (Wildman–Crippen LogP) is 2.33. The van der Waals surface area contributed by atoms with Crippen LogP contribution < -0.4 is 5.32 Å². The largest absolute Gasteiger partial charge is 0.444 e. The van der Waals surface area contributed by atoms with Crippen LogP contribution in [-0.4, -0.2) is 24.9 Å². The van der Waals surface area contributed by atoms with E-state index in [0.29, 0.717) is 0 Å². The summed E-state index contributed by atoms with van der Waals surface area (Å²) >= 11 is 0. The van der Waals surface area contributed by atoms with Gasteiger partial charge in [0, 0.05) is 0 Å². The lowest BCUT2D eigenvalue weighted by atomic mass is 10.2. The van der Waals surface area contributed by atoms with Gasteiger partial charge in [-0.05, 0) is 26.8 Å². The number of nitrogens with one attached hydrogen (secondary N) is 1. The van der Waals surface area contributed by atoms with E-state index in [4.69, 9.17) is 4.74 Å². The van der Waals surface area contributed by atoms with Crippen molar-refractivity contribution in [3.05, 3.63) is 11.9 Å². The zero-order valence-corrected chi connectivity index (χ0v) is 8.56. The lowest BCUT2D eigenvalue weighted by Gasteiger charge is -2.19. The summed E-state index contributed by atoms with van der Waals surface area (Å²) in [5, 5.41) is 2.15. The third kappa shape index (κ3) is 7.52. The molecule has 3 nitrogen and oxygen atoms in total. The normalized spacial score (nSPS) is 12.5. The van der Waals surface area contributed by atoms with Gasteiger partial charge in [0.15, 0.2) is 0 Å². The number of alkyl halides is 1. The van der Waals surface area contributed by atoms with Gasteiger partial charge in [-0.25, -0.2) is 13.6 Å². The van der Waals surface area contributed by atoms with Crippen LogP contribution in [0.1, 0.15) is 20.8 Å². The molecule has 0 aliphatic rings. The van der Waals surface area contributed by atoms with Gasteiger partial charge in [0.2, 0.25) is 0 Å². The van der Waals surface area contributed by atoms with E-state index >= 15 is 0 Å². The van der Waals surface area contributed by atoms with Crippen molar-refractivity contribution in [2.75, 3.05) is 13.2 Å². The highest BCUT2D eigenvalue weighted by molar-refractivity contribution is 5.67. The second-order valence-corrected chi connectivity index (χ2v) is 3.66. The van der Waals surface area contributed by atoms with Crippen molar-refractivity contribution < 1.29 is 18.3 Å². The number of alkyl carbamates (subject to hydrolysis) is 1. The number of carbonyl (C=O) groups excluding carboxylic acids is 1. The SMILES string of the molecule is CC(C)(C)OC(=O)NCC(F)=CCF. The average molecular weight is 207 g/mol. The molecule has 0 aliphatic heterocycles. The molecule has 0 rings (SSSR count). The average Bonchev–Trinajstić information content (AvgIpc) is 1.98. The molecule has 0 bridgehead atoms. The molecule has 0 atom stereocenters. The lowest BCUT2D eigenvalue weighted by Crippen LogP contribution is -2.33. The van der Waals surface area contributed by atoms with Crippen molar-refractivity contribution in [2.45, 2.75) is 26.4 Å². The Morgan fingerprint density at radius 3 is 2.50 bits per heavy atom. The molecule has 0 aliphatic carbocycles. The first kappa shape index (κ1) is 12.9. The molecule has 0 saturated heterocycles. The Balaban J connectivity index is 3.81. The van der Waals surface area contributed by atoms with Gasteiger partial charge in [-0.2, -0.15) is 0 Å². The molecule has 0 heterocycles. The van der Waals surface area contributed by atoms with E-state index in [1.807, 2.05) is 0 Å². The molecule has 0 aromatic heterocycles. The molecule has 0 unspecified atom stereocenters. The zero-order valence-electron chi connectivity index (χ0n) is 8.56. The van der Waals surface area contributed by atoms with Crippen LogP contribution in [0.4, 0.5) is 13.6 Å². The van der Waals surface area contributed by atoms with E-state index in [-0.39, 0.29) is 6.54 Å². The van der Waals surface area contributed by atoms with Gasteiger partial charge >= 0.3 is 6.09 Å². The quantitative estimate of drug-likeness (QED) is 0.771. The zero-order chi connectivity index (χ0) is 11.2. The minimum absolute atomic E-state index is 0.348. The van der Waals surface area contributed by atoms with Gasteiger partial charge < -0.3 is 10.1 Å². The summed E-state index contributed by atoms with van der Waals surface area (Å²) in [6, 6.07) is 0. The summed E-state index contributed by atoms with van der Waals surface area (Å²) in [5.74, 6) is -0.724. The molecule has 0 aromatic carbocycles. The molecule has 0 spiro atoms. The van der Waals surface area contributed by atoms with Crippen LogP contribution in [0.25, 0.3) is 0 Å². The molecule has 5 heteroatoms. The van der Waals surface area contributed by atoms with Gasteiger partial charge in [0.05, 0.1) is 6.54 Å². The van der Waals surface area contributed by atoms with Gasteiger partial charge in [0.25, 0.3) is 0 Å². The Kier molecular flexibility index (Phi) is 5.12. The van der Waals surface area contributed by atoms with Crippen LogP contribution in [-0.2, 0) is 4.74 Å². The number of rotatable bonds is 3. The van der Waals surface area contributed by atoms with Crippen molar-refractivity contribution in [2.24, 2.45) is 0 Å². The first-order valence-electron chi connectivity index (χ1n) is 4.22. The summed E-state index contributed by atoms with van der Waals surface area (Å²) in [6.07, 6.45) is 0.0251. The highest BCUT2D eigenvalue weighted by Gasteiger charge is 2.15. The summed E-state index contributed by atoms with van der Waals surface area (Å²) in [5.41, 5.74) is -0.621. The molecule has 82 valence electrons. The van der Waals surface area contributed by atoms with Gasteiger partial charge in [-0.1, -0.05) is 0 Å². The van der Waals surface area contributed by atoms with E-state index in [1.54, 1.807) is 20.8 Å². The van der Waals surface area contributed by atoms with Crippen molar-refractivity contribution in [1.82, 2.24) is 5.32 Å². The van der Waals surface area contributed by atoms with Crippen molar-refractivity contribution in [3.63, 3.8) is 0 Å². The first-order valence-corrected chi connectivity index (χ1v) is 4.22. The van der Waals surface area contributed by atoms with Crippen LogP contribution in [0.2, 0.25) is 0 Å². The van der Waals surface area contributed by atoms with Crippen molar-refractivity contribution in [3.8, 4) is 0 Å². The number of hydrogen-bond acceptors (Lipinski definition) is 2. The molecular formula is C9H15F2NO2. The second-order valence-electron chi connectivity index (χ2n) is 3.66. The number of ether oxygens (including phenoxy) is 1. The van der Waals surface area contributed by atoms with Gasteiger partial charge in [-0.3, -0.25) is 0 Å². The van der Waals surface area contributed by atoms with E-state index in [9.17, 15) is 13.6 Å². The number of hydrogen-bond donors (Lipinski definition) is 1. The number of carbonyl (C=O) groups is 1. The first-order chi connectivity index (χ1) is 6.35. The highest BCUT2D eigenvalue weighted by atomic mass is 19.1. The molecule has 0 radical (unpaired) electrons. The number of halogens is 2. The molecular weight excluding hydrogens is 192 g/mol. The summed E-state index contributed by atoms with van der Waals surface area (Å²) < 4.78 is 29.0. The third-order valence-electron chi connectivity index (χ3n) is 1.10. The number of amides is 1. The Hall–Kier alpha value is -1.13. The van der Waals surface area contributed by atoms with E-state index in [2.05, 4.69) is 5.32 Å². The summed E-state index contributed by atoms with van der Waals surface area (Å²) in [6.45, 7) is 3.85. The predicted molar refractivity (Wildman–Crippen MR) is 49.4 cm³/mol. The smallest absolute Gasteiger partial charge is 0.408 e. The summed E-state index contributed by atoms with van der Waals surface area (Å²) in [4.78, 5) is 10.9. The fourth-order valence-corrected chi connectivity index (χ4v) is 0.627. The second kappa shape index (κ2) is 5.57. The van der Waals surface area contributed by atoms with Crippen LogP contribution >= 0.6 is 0 Å². The maximum absolute atomic E-state index is 12.5. The van der Waals surface area contributed by atoms with Crippen molar-refractivity contribution >= 4 is 6.09 Å². The fourth-order valence-electron chi connectivity index (χ4n) is 0.627. The van der Waals surface area contributed by atoms with E-state index in [1.165, 1.54) is 0 Å². The van der Waals surface area contributed by atoms with E-state index < -0.39 is 24.2 Å². The Morgan fingerprint density at radius 2 is 2.07 bits per heavy atom. The molecule has 14 heavy (non-hydrogen) atoms. The minimum Gasteiger partial charge on any atom is -0.444 e. The van der Waals surface area contributed by atoms with Crippen LogP contribution in [0, 0.1) is 0 Å². The Morgan fingerprint density at radius 1 is 1.50 bits per heavy atom. The fraction of sp³-hybridized carbons (Fsp3) is 0.667. The van der Waals surface area contributed by atoms with Gasteiger partial charge in [-0.15, -0.1) is 0 Å². The molecule has 0 fully saturated rings. The highest BCUT2D eigenvalue weighted by Crippen LogP contribution is 2.06. The maximum atomic E-state index is 12.5. The molecule has 1 N–H and O–H groups in total. The monoisotopic (exact) mass is 207 g/mol. The topological polar surface area (TPSA) is 38.3 Å². The van der Waals surface area contributed by atoms with Crippen LogP contribution in [0.5, 0.6) is 0 Å². The Labute approximate surface area is 82.1 Å². The third-order valence-corrected chi connectivity index (χ3v) is 1.10. The molecule has 0 saturated carbocycles. The lowest BCUT2D eigenvalue weighted by molar-refractivity contribution is 0.0529. The van der Waals surface area contributed by atoms with Crippen molar-refractivity contribution in [1.29, 1.82) is 0 Å². The number of allylic oxidation sites excluding steroid dienone is 1.